The number of nitro groups is 1. The van der Waals surface area contributed by atoms with Crippen molar-refractivity contribution in [1.29, 1.82) is 0 Å². The normalized spacial score (nSPS) is 10.3. The molecule has 0 N–H and O–H groups in total. The first-order valence-electron chi connectivity index (χ1n) is 4.88. The number of hydrogen-bond donors (Lipinski definition) is 0. The molecule has 0 unspecified atom stereocenters. The second-order valence-electron chi connectivity index (χ2n) is 3.20. The van der Waals surface area contributed by atoms with Crippen LogP contribution in [0, 0.1) is 10.1 Å². The van der Waals surface area contributed by atoms with Gasteiger partial charge in [0, 0.05) is 12.4 Å². The summed E-state index contributed by atoms with van der Waals surface area (Å²) in [6, 6.07) is 5.14. The molecule has 0 amide bonds. The SMILES string of the molecule is CCOc1ccc2ccncc2c1[N+](=O)[O-]. The highest BCUT2D eigenvalue weighted by molar-refractivity contribution is 5.92. The van der Waals surface area contributed by atoms with Gasteiger partial charge in [-0.1, -0.05) is 6.07 Å². The smallest absolute Gasteiger partial charge is 0.320 e. The molecule has 0 aliphatic heterocycles. The average Bonchev–Trinajstić information content (AvgIpc) is 2.28. The highest BCUT2D eigenvalue weighted by Crippen LogP contribution is 2.34. The van der Waals surface area contributed by atoms with E-state index in [1.165, 1.54) is 6.20 Å². The van der Waals surface area contributed by atoms with E-state index in [0.29, 0.717) is 12.0 Å². The number of aromatic nitrogens is 1. The first kappa shape index (κ1) is 10.4. The number of hydrogen-bond acceptors (Lipinski definition) is 4. The van der Waals surface area contributed by atoms with E-state index in [0.717, 1.165) is 5.39 Å². The highest BCUT2D eigenvalue weighted by Gasteiger charge is 2.19. The second-order valence-corrected chi connectivity index (χ2v) is 3.20. The van der Waals surface area contributed by atoms with Crippen molar-refractivity contribution in [3.05, 3.63) is 40.7 Å². The van der Waals surface area contributed by atoms with Gasteiger partial charge in [0.15, 0.2) is 5.75 Å². The summed E-state index contributed by atoms with van der Waals surface area (Å²) in [5, 5.41) is 12.3. The van der Waals surface area contributed by atoms with Gasteiger partial charge in [0.1, 0.15) is 0 Å². The minimum absolute atomic E-state index is 0.0209. The van der Waals surface area contributed by atoms with Gasteiger partial charge in [-0.3, -0.25) is 15.1 Å². The summed E-state index contributed by atoms with van der Waals surface area (Å²) in [6.07, 6.45) is 3.09. The lowest BCUT2D eigenvalue weighted by Gasteiger charge is -2.06. The Hall–Kier alpha value is -2.17. The number of benzene rings is 1. The summed E-state index contributed by atoms with van der Waals surface area (Å²) < 4.78 is 5.24. The van der Waals surface area contributed by atoms with E-state index in [-0.39, 0.29) is 11.4 Å². The molecule has 5 nitrogen and oxygen atoms in total. The first-order chi connectivity index (χ1) is 7.74. The number of rotatable bonds is 3. The Balaban J connectivity index is 2.73. The van der Waals surface area contributed by atoms with E-state index in [1.54, 1.807) is 31.3 Å². The number of nitrogens with zero attached hydrogens (tertiary/aromatic N) is 2. The molecule has 0 saturated heterocycles. The molecule has 1 heterocycles. The molecule has 2 aromatic rings. The molecule has 0 aliphatic rings. The van der Waals surface area contributed by atoms with Gasteiger partial charge in [0.2, 0.25) is 0 Å². The van der Waals surface area contributed by atoms with Gasteiger partial charge in [-0.2, -0.15) is 0 Å². The van der Waals surface area contributed by atoms with Gasteiger partial charge in [-0.05, 0) is 24.4 Å². The molecule has 82 valence electrons. The third-order valence-electron chi connectivity index (χ3n) is 2.24. The molecule has 0 radical (unpaired) electrons. The Bertz CT molecular complexity index is 540. The van der Waals surface area contributed by atoms with E-state index in [2.05, 4.69) is 4.98 Å². The van der Waals surface area contributed by atoms with Crippen LogP contribution in [-0.2, 0) is 0 Å². The van der Waals surface area contributed by atoms with Crippen LogP contribution in [-0.4, -0.2) is 16.5 Å². The molecule has 0 aliphatic carbocycles. The fraction of sp³-hybridized carbons (Fsp3) is 0.182. The molecule has 0 bridgehead atoms. The van der Waals surface area contributed by atoms with Crippen LogP contribution in [0.1, 0.15) is 6.92 Å². The van der Waals surface area contributed by atoms with Crippen LogP contribution in [0.5, 0.6) is 5.75 Å². The average molecular weight is 218 g/mol. The third-order valence-corrected chi connectivity index (χ3v) is 2.24. The zero-order valence-electron chi connectivity index (χ0n) is 8.71. The maximum Gasteiger partial charge on any atom is 0.320 e. The minimum Gasteiger partial charge on any atom is -0.487 e. The molecule has 0 spiro atoms. The van der Waals surface area contributed by atoms with Gasteiger partial charge < -0.3 is 4.74 Å². The number of nitro benzene ring substituents is 1. The lowest BCUT2D eigenvalue weighted by atomic mass is 10.1. The third kappa shape index (κ3) is 1.67. The van der Waals surface area contributed by atoms with Gasteiger partial charge in [0.05, 0.1) is 16.9 Å². The van der Waals surface area contributed by atoms with E-state index < -0.39 is 4.92 Å². The lowest BCUT2D eigenvalue weighted by molar-refractivity contribution is -0.384. The molecule has 5 heteroatoms. The summed E-state index contributed by atoms with van der Waals surface area (Å²) in [4.78, 5) is 14.5. The highest BCUT2D eigenvalue weighted by atomic mass is 16.6. The van der Waals surface area contributed by atoms with Gasteiger partial charge in [0.25, 0.3) is 0 Å². The molecule has 0 fully saturated rings. The van der Waals surface area contributed by atoms with Crippen molar-refractivity contribution in [3.8, 4) is 5.75 Å². The fourth-order valence-electron chi connectivity index (χ4n) is 1.59. The Morgan fingerprint density at radius 2 is 2.25 bits per heavy atom. The summed E-state index contributed by atoms with van der Waals surface area (Å²) in [5.41, 5.74) is -0.0209. The van der Waals surface area contributed by atoms with Crippen LogP contribution < -0.4 is 4.74 Å². The molecular formula is C11H10N2O3. The molecule has 0 atom stereocenters. The van der Waals surface area contributed by atoms with Crippen molar-refractivity contribution in [2.75, 3.05) is 6.61 Å². The number of ether oxygens (including phenoxy) is 1. The molecule has 16 heavy (non-hydrogen) atoms. The number of pyridine rings is 1. The largest absolute Gasteiger partial charge is 0.487 e. The van der Waals surface area contributed by atoms with E-state index >= 15 is 0 Å². The Kier molecular flexibility index (Phi) is 2.68. The van der Waals surface area contributed by atoms with E-state index in [4.69, 9.17) is 4.74 Å². The van der Waals surface area contributed by atoms with Crippen LogP contribution in [0.25, 0.3) is 10.8 Å². The minimum atomic E-state index is -0.436. The number of fused-ring (bicyclic) bond motifs is 1. The molecule has 0 saturated carbocycles. The molecular weight excluding hydrogens is 208 g/mol. The molecule has 1 aromatic heterocycles. The van der Waals surface area contributed by atoms with Crippen molar-refractivity contribution in [1.82, 2.24) is 4.98 Å². The quantitative estimate of drug-likeness (QED) is 0.586. The van der Waals surface area contributed by atoms with Crippen LogP contribution in [0.3, 0.4) is 0 Å². The zero-order valence-corrected chi connectivity index (χ0v) is 8.71. The maximum absolute atomic E-state index is 11.0. The summed E-state index contributed by atoms with van der Waals surface area (Å²) in [6.45, 7) is 2.18. The van der Waals surface area contributed by atoms with Crippen molar-refractivity contribution < 1.29 is 9.66 Å². The van der Waals surface area contributed by atoms with Crippen LogP contribution in [0.15, 0.2) is 30.6 Å². The molecule has 1 aromatic carbocycles. The Labute approximate surface area is 91.8 Å². The van der Waals surface area contributed by atoms with E-state index in [9.17, 15) is 10.1 Å². The summed E-state index contributed by atoms with van der Waals surface area (Å²) >= 11 is 0. The first-order valence-corrected chi connectivity index (χ1v) is 4.88. The monoisotopic (exact) mass is 218 g/mol. The van der Waals surface area contributed by atoms with Crippen molar-refractivity contribution in [2.45, 2.75) is 6.92 Å². The van der Waals surface area contributed by atoms with Crippen LogP contribution in [0.2, 0.25) is 0 Å². The van der Waals surface area contributed by atoms with Gasteiger partial charge >= 0.3 is 5.69 Å². The predicted octanol–water partition coefficient (Wildman–Crippen LogP) is 2.54. The van der Waals surface area contributed by atoms with Crippen molar-refractivity contribution in [2.24, 2.45) is 0 Å². The van der Waals surface area contributed by atoms with Gasteiger partial charge in [-0.25, -0.2) is 0 Å². The molecule has 2 rings (SSSR count). The van der Waals surface area contributed by atoms with E-state index in [1.807, 2.05) is 0 Å². The standard InChI is InChI=1S/C11H10N2O3/c1-2-16-10-4-3-8-5-6-12-7-9(8)11(10)13(14)15/h3-7H,2H2,1H3. The Morgan fingerprint density at radius 1 is 1.44 bits per heavy atom. The Morgan fingerprint density at radius 3 is 2.94 bits per heavy atom. The lowest BCUT2D eigenvalue weighted by Crippen LogP contribution is -1.98. The zero-order chi connectivity index (χ0) is 11.5. The van der Waals surface area contributed by atoms with Crippen molar-refractivity contribution >= 4 is 16.5 Å². The van der Waals surface area contributed by atoms with Gasteiger partial charge in [-0.15, -0.1) is 0 Å². The van der Waals surface area contributed by atoms with Crippen LogP contribution >= 0.6 is 0 Å². The topological polar surface area (TPSA) is 65.3 Å². The van der Waals surface area contributed by atoms with Crippen LogP contribution in [0.4, 0.5) is 5.69 Å². The summed E-state index contributed by atoms with van der Waals surface area (Å²) in [7, 11) is 0. The second kappa shape index (κ2) is 4.14. The van der Waals surface area contributed by atoms with Crippen molar-refractivity contribution in [3.63, 3.8) is 0 Å². The fourth-order valence-corrected chi connectivity index (χ4v) is 1.59. The maximum atomic E-state index is 11.0. The predicted molar refractivity (Wildman–Crippen MR) is 59.6 cm³/mol. The summed E-state index contributed by atoms with van der Waals surface area (Å²) in [5.74, 6) is 0.285.